The summed E-state index contributed by atoms with van der Waals surface area (Å²) in [7, 11) is 1.97. The summed E-state index contributed by atoms with van der Waals surface area (Å²) in [5.41, 5.74) is 4.08. The molecule has 0 unspecified atom stereocenters. The molecule has 2 aromatic heterocycles. The first-order valence-electron chi connectivity index (χ1n) is 8.42. The van der Waals surface area contributed by atoms with Crippen molar-refractivity contribution in [2.45, 2.75) is 12.8 Å². The van der Waals surface area contributed by atoms with Crippen LogP contribution < -0.4 is 5.32 Å². The Bertz CT molecular complexity index is 1040. The van der Waals surface area contributed by atoms with Crippen LogP contribution in [0.1, 0.15) is 18.4 Å². The summed E-state index contributed by atoms with van der Waals surface area (Å²) in [6, 6.07) is 14.2. The van der Waals surface area contributed by atoms with Crippen molar-refractivity contribution in [3.63, 3.8) is 0 Å². The number of aromatic nitrogens is 1. The molecule has 0 spiro atoms. The number of hydrogen-bond donors (Lipinski definition) is 2. The molecular weight excluding hydrogens is 328 g/mol. The van der Waals surface area contributed by atoms with E-state index in [0.29, 0.717) is 11.7 Å². The van der Waals surface area contributed by atoms with Gasteiger partial charge in [0.25, 0.3) is 0 Å². The van der Waals surface area contributed by atoms with E-state index >= 15 is 0 Å². The van der Waals surface area contributed by atoms with Crippen LogP contribution in [0.3, 0.4) is 0 Å². The number of benzene rings is 2. The number of phenols is 1. The standard InChI is InChI=1S/C21H20N2OS/c1-13(11-22-2)14-3-5-15(6-4-14)20-18(24)8-7-17-21(20)16-9-10-25-19(16)12-23-17/h3-10,12-13,22,24H,11H2,1-2H3/t13-/m1/s1. The number of hydrogen-bond acceptors (Lipinski definition) is 4. The Morgan fingerprint density at radius 2 is 1.92 bits per heavy atom. The molecule has 2 N–H and O–H groups in total. The third kappa shape index (κ3) is 2.77. The van der Waals surface area contributed by atoms with Crippen LogP contribution in [-0.2, 0) is 0 Å². The summed E-state index contributed by atoms with van der Waals surface area (Å²) >= 11 is 1.67. The highest BCUT2D eigenvalue weighted by Gasteiger charge is 2.14. The number of rotatable bonds is 4. The Hall–Kier alpha value is -2.43. The van der Waals surface area contributed by atoms with Gasteiger partial charge in [0.2, 0.25) is 0 Å². The molecule has 0 amide bonds. The van der Waals surface area contributed by atoms with Gasteiger partial charge in [0.05, 0.1) is 10.2 Å². The monoisotopic (exact) mass is 348 g/mol. The second-order valence-corrected chi connectivity index (χ2v) is 7.34. The average Bonchev–Trinajstić information content (AvgIpc) is 3.11. The average molecular weight is 348 g/mol. The van der Waals surface area contributed by atoms with Crippen LogP contribution in [0.4, 0.5) is 0 Å². The van der Waals surface area contributed by atoms with Gasteiger partial charge in [-0.15, -0.1) is 11.3 Å². The maximum atomic E-state index is 10.6. The highest BCUT2D eigenvalue weighted by atomic mass is 32.1. The minimum absolute atomic E-state index is 0.295. The molecule has 4 heteroatoms. The molecule has 0 aliphatic carbocycles. The van der Waals surface area contributed by atoms with Gasteiger partial charge in [0.1, 0.15) is 5.75 Å². The van der Waals surface area contributed by atoms with Crippen LogP contribution in [0.5, 0.6) is 5.75 Å². The summed E-state index contributed by atoms with van der Waals surface area (Å²) in [6.07, 6.45) is 1.91. The summed E-state index contributed by atoms with van der Waals surface area (Å²) in [5, 5.41) is 18.0. The third-order valence-corrected chi connectivity index (χ3v) is 5.58. The number of likely N-dealkylation sites (N-methyl/N-ethyl adjacent to an activating group) is 1. The van der Waals surface area contributed by atoms with Gasteiger partial charge in [-0.2, -0.15) is 0 Å². The van der Waals surface area contributed by atoms with Crippen LogP contribution in [0.25, 0.3) is 32.1 Å². The van der Waals surface area contributed by atoms with Gasteiger partial charge in [-0.25, -0.2) is 0 Å². The molecule has 0 radical (unpaired) electrons. The zero-order valence-electron chi connectivity index (χ0n) is 14.3. The van der Waals surface area contributed by atoms with E-state index in [-0.39, 0.29) is 0 Å². The predicted octanol–water partition coefficient (Wildman–Crippen LogP) is 5.15. The summed E-state index contributed by atoms with van der Waals surface area (Å²) in [5.74, 6) is 0.745. The molecule has 4 rings (SSSR count). The zero-order chi connectivity index (χ0) is 17.4. The maximum Gasteiger partial charge on any atom is 0.124 e. The lowest BCUT2D eigenvalue weighted by Crippen LogP contribution is -2.14. The van der Waals surface area contributed by atoms with E-state index in [1.165, 1.54) is 5.56 Å². The van der Waals surface area contributed by atoms with E-state index in [1.54, 1.807) is 17.4 Å². The normalized spacial score (nSPS) is 12.7. The lowest BCUT2D eigenvalue weighted by Gasteiger charge is -2.14. The number of phenolic OH excluding ortho intramolecular Hbond substituents is 1. The second-order valence-electron chi connectivity index (χ2n) is 6.39. The van der Waals surface area contributed by atoms with Gasteiger partial charge >= 0.3 is 0 Å². The predicted molar refractivity (Wildman–Crippen MR) is 107 cm³/mol. The number of fused-ring (bicyclic) bond motifs is 3. The molecule has 1 atom stereocenters. The fourth-order valence-corrected chi connectivity index (χ4v) is 4.17. The summed E-state index contributed by atoms with van der Waals surface area (Å²) in [4.78, 5) is 4.57. The Morgan fingerprint density at radius 1 is 1.12 bits per heavy atom. The van der Waals surface area contributed by atoms with Gasteiger partial charge in [0.15, 0.2) is 0 Å². The molecule has 25 heavy (non-hydrogen) atoms. The van der Waals surface area contributed by atoms with Crippen molar-refractivity contribution >= 4 is 32.3 Å². The highest BCUT2D eigenvalue weighted by molar-refractivity contribution is 7.17. The lowest BCUT2D eigenvalue weighted by molar-refractivity contribution is 0.478. The van der Waals surface area contributed by atoms with Crippen molar-refractivity contribution < 1.29 is 5.11 Å². The smallest absolute Gasteiger partial charge is 0.124 e. The molecule has 2 aromatic carbocycles. The summed E-state index contributed by atoms with van der Waals surface area (Å²) in [6.45, 7) is 3.15. The van der Waals surface area contributed by atoms with E-state index in [0.717, 1.165) is 38.7 Å². The van der Waals surface area contributed by atoms with E-state index in [2.05, 4.69) is 52.9 Å². The molecule has 0 bridgehead atoms. The molecule has 0 aliphatic heterocycles. The first-order chi connectivity index (χ1) is 12.2. The van der Waals surface area contributed by atoms with Crippen molar-refractivity contribution in [1.82, 2.24) is 10.3 Å². The van der Waals surface area contributed by atoms with Crippen LogP contribution in [0, 0.1) is 0 Å². The molecule has 0 saturated heterocycles. The van der Waals surface area contributed by atoms with Gasteiger partial charge in [0, 0.05) is 29.1 Å². The Labute approximate surface area is 151 Å². The zero-order valence-corrected chi connectivity index (χ0v) is 15.1. The molecule has 0 aliphatic rings. The number of pyridine rings is 1. The fraction of sp³-hybridized carbons (Fsp3) is 0.190. The van der Waals surface area contributed by atoms with E-state index in [1.807, 2.05) is 19.3 Å². The van der Waals surface area contributed by atoms with Crippen molar-refractivity contribution in [1.29, 1.82) is 0 Å². The Kier molecular flexibility index (Phi) is 4.15. The third-order valence-electron chi connectivity index (χ3n) is 4.73. The lowest BCUT2D eigenvalue weighted by atomic mass is 9.94. The van der Waals surface area contributed by atoms with Gasteiger partial charge in [-0.3, -0.25) is 4.98 Å². The maximum absolute atomic E-state index is 10.6. The Balaban J connectivity index is 1.91. The van der Waals surface area contributed by atoms with Gasteiger partial charge in [-0.05, 0) is 47.7 Å². The van der Waals surface area contributed by atoms with Crippen LogP contribution in [0.15, 0.2) is 54.0 Å². The molecular formula is C21H20N2OS. The SMILES string of the molecule is CNC[C@@H](C)c1ccc(-c2c(O)ccc3ncc4sccc4c23)cc1. The van der Waals surface area contributed by atoms with Crippen molar-refractivity contribution in [3.05, 3.63) is 59.6 Å². The molecule has 0 saturated carbocycles. The van der Waals surface area contributed by atoms with E-state index < -0.39 is 0 Å². The second kappa shape index (κ2) is 6.47. The van der Waals surface area contributed by atoms with E-state index in [4.69, 9.17) is 0 Å². The van der Waals surface area contributed by atoms with Gasteiger partial charge < -0.3 is 10.4 Å². The minimum Gasteiger partial charge on any atom is -0.507 e. The minimum atomic E-state index is 0.295. The topological polar surface area (TPSA) is 45.1 Å². The quantitative estimate of drug-likeness (QED) is 0.536. The molecule has 2 heterocycles. The molecule has 126 valence electrons. The number of nitrogens with one attached hydrogen (secondary N) is 1. The number of thiophene rings is 1. The van der Waals surface area contributed by atoms with Crippen LogP contribution in [-0.4, -0.2) is 23.7 Å². The first-order valence-corrected chi connectivity index (χ1v) is 9.30. The van der Waals surface area contributed by atoms with Gasteiger partial charge in [-0.1, -0.05) is 31.2 Å². The number of aromatic hydroxyl groups is 1. The van der Waals surface area contributed by atoms with Crippen LogP contribution >= 0.6 is 11.3 Å². The van der Waals surface area contributed by atoms with E-state index in [9.17, 15) is 5.11 Å². The first kappa shape index (κ1) is 16.1. The highest BCUT2D eigenvalue weighted by Crippen LogP contribution is 2.40. The Morgan fingerprint density at radius 3 is 2.68 bits per heavy atom. The number of nitrogens with zero attached hydrogens (tertiary/aromatic N) is 1. The fourth-order valence-electron chi connectivity index (χ4n) is 3.41. The molecule has 0 fully saturated rings. The van der Waals surface area contributed by atoms with Crippen LogP contribution in [0.2, 0.25) is 0 Å². The van der Waals surface area contributed by atoms with Crippen molar-refractivity contribution in [2.75, 3.05) is 13.6 Å². The summed E-state index contributed by atoms with van der Waals surface area (Å²) < 4.78 is 1.14. The molecule has 4 aromatic rings. The van der Waals surface area contributed by atoms with Crippen molar-refractivity contribution in [2.24, 2.45) is 0 Å². The largest absolute Gasteiger partial charge is 0.507 e. The van der Waals surface area contributed by atoms with Crippen molar-refractivity contribution in [3.8, 4) is 16.9 Å². The molecule has 3 nitrogen and oxygen atoms in total.